The Morgan fingerprint density at radius 3 is 2.86 bits per heavy atom. The summed E-state index contributed by atoms with van der Waals surface area (Å²) in [6, 6.07) is 1.78. The van der Waals surface area contributed by atoms with Crippen molar-refractivity contribution in [2.75, 3.05) is 27.6 Å². The van der Waals surface area contributed by atoms with Gasteiger partial charge in [-0.25, -0.2) is 9.78 Å². The van der Waals surface area contributed by atoms with Gasteiger partial charge in [-0.05, 0) is 20.0 Å². The molecule has 2 aromatic heterocycles. The predicted octanol–water partition coefficient (Wildman–Crippen LogP) is 1.45. The number of hydrogen-bond acceptors (Lipinski definition) is 6. The molecule has 7 nitrogen and oxygen atoms in total. The number of fused-ring (bicyclic) bond motifs is 1. The summed E-state index contributed by atoms with van der Waals surface area (Å²) in [4.78, 5) is 16.7. The smallest absolute Gasteiger partial charge is 0.340 e. The van der Waals surface area contributed by atoms with Crippen LogP contribution in [0.15, 0.2) is 12.3 Å². The molecule has 0 aliphatic carbocycles. The van der Waals surface area contributed by atoms with Gasteiger partial charge in [0.15, 0.2) is 6.79 Å². The van der Waals surface area contributed by atoms with Crippen LogP contribution in [0, 0.1) is 0 Å². The number of pyridine rings is 1. The zero-order valence-electron chi connectivity index (χ0n) is 13.3. The van der Waals surface area contributed by atoms with Gasteiger partial charge in [0, 0.05) is 31.8 Å². The summed E-state index contributed by atoms with van der Waals surface area (Å²) in [6.45, 7) is 2.76. The highest BCUT2D eigenvalue weighted by Gasteiger charge is 2.23. The van der Waals surface area contributed by atoms with Crippen LogP contribution >= 0.6 is 0 Å². The molecule has 2 heterocycles. The maximum Gasteiger partial charge on any atom is 0.340 e. The van der Waals surface area contributed by atoms with Crippen molar-refractivity contribution in [3.8, 4) is 5.75 Å². The number of hydrogen-bond donors (Lipinski definition) is 1. The van der Waals surface area contributed by atoms with E-state index in [9.17, 15) is 4.79 Å². The summed E-state index contributed by atoms with van der Waals surface area (Å²) in [7, 11) is 5.25. The summed E-state index contributed by atoms with van der Waals surface area (Å²) in [5.41, 5.74) is 2.05. The lowest BCUT2D eigenvalue weighted by atomic mass is 10.1. The lowest BCUT2D eigenvalue weighted by molar-refractivity contribution is 0.0510. The van der Waals surface area contributed by atoms with E-state index in [1.165, 1.54) is 0 Å². The first-order valence-corrected chi connectivity index (χ1v) is 7.04. The Bertz CT molecular complexity index is 666. The van der Waals surface area contributed by atoms with Gasteiger partial charge in [-0.15, -0.1) is 0 Å². The molecule has 0 saturated carbocycles. The van der Waals surface area contributed by atoms with Crippen LogP contribution in [0.5, 0.6) is 5.75 Å². The molecule has 0 unspecified atom stereocenters. The maximum absolute atomic E-state index is 12.3. The van der Waals surface area contributed by atoms with Crippen molar-refractivity contribution in [2.24, 2.45) is 7.05 Å². The van der Waals surface area contributed by atoms with Gasteiger partial charge in [-0.2, -0.15) is 0 Å². The third-order valence-corrected chi connectivity index (χ3v) is 3.29. The third kappa shape index (κ3) is 3.05. The van der Waals surface area contributed by atoms with Crippen molar-refractivity contribution in [3.63, 3.8) is 0 Å². The number of aryl methyl sites for hydroxylation is 1. The number of aromatic nitrogens is 2. The molecular formula is C15H21N3O4. The molecule has 1 N–H and O–H groups in total. The number of carbonyl (C=O) groups is 1. The van der Waals surface area contributed by atoms with E-state index in [2.05, 4.69) is 10.3 Å². The van der Waals surface area contributed by atoms with Gasteiger partial charge in [0.1, 0.15) is 11.4 Å². The van der Waals surface area contributed by atoms with E-state index in [-0.39, 0.29) is 12.8 Å². The SMILES string of the molecule is CCOC(=O)c1c(CNC)n(C)c2ncc(OCOC)cc12. The first-order valence-electron chi connectivity index (χ1n) is 7.04. The molecule has 120 valence electrons. The van der Waals surface area contributed by atoms with E-state index in [4.69, 9.17) is 14.2 Å². The quantitative estimate of drug-likeness (QED) is 0.616. The second kappa shape index (κ2) is 7.24. The zero-order chi connectivity index (χ0) is 16.1. The van der Waals surface area contributed by atoms with Crippen LogP contribution in [-0.2, 0) is 23.1 Å². The summed E-state index contributed by atoms with van der Waals surface area (Å²) < 4.78 is 17.4. The fraction of sp³-hybridized carbons (Fsp3) is 0.467. The number of esters is 1. The van der Waals surface area contributed by atoms with Gasteiger partial charge >= 0.3 is 5.97 Å². The Balaban J connectivity index is 2.58. The molecule has 2 aromatic rings. The predicted molar refractivity (Wildman–Crippen MR) is 81.9 cm³/mol. The van der Waals surface area contributed by atoms with Gasteiger partial charge in [0.2, 0.25) is 0 Å². The monoisotopic (exact) mass is 307 g/mol. The molecule has 0 atom stereocenters. The maximum atomic E-state index is 12.3. The van der Waals surface area contributed by atoms with Crippen LogP contribution < -0.4 is 10.1 Å². The molecule has 0 fully saturated rings. The highest BCUT2D eigenvalue weighted by atomic mass is 16.7. The van der Waals surface area contributed by atoms with Gasteiger partial charge in [-0.3, -0.25) is 0 Å². The first-order chi connectivity index (χ1) is 10.6. The van der Waals surface area contributed by atoms with Crippen molar-refractivity contribution in [1.29, 1.82) is 0 Å². The Labute approximate surface area is 129 Å². The number of methoxy groups -OCH3 is 1. The van der Waals surface area contributed by atoms with Crippen molar-refractivity contribution in [2.45, 2.75) is 13.5 Å². The molecule has 0 aliphatic rings. The molecule has 0 aliphatic heterocycles. The molecule has 7 heteroatoms. The Morgan fingerprint density at radius 1 is 1.45 bits per heavy atom. The van der Waals surface area contributed by atoms with Crippen molar-refractivity contribution < 1.29 is 19.0 Å². The third-order valence-electron chi connectivity index (χ3n) is 3.29. The van der Waals surface area contributed by atoms with Crippen LogP contribution in [0.3, 0.4) is 0 Å². The molecule has 0 radical (unpaired) electrons. The Morgan fingerprint density at radius 2 is 2.23 bits per heavy atom. The molecule has 2 rings (SSSR count). The van der Waals surface area contributed by atoms with Crippen molar-refractivity contribution in [1.82, 2.24) is 14.9 Å². The minimum Gasteiger partial charge on any atom is -0.466 e. The number of rotatable bonds is 7. The van der Waals surface area contributed by atoms with E-state index < -0.39 is 0 Å². The molecule has 0 saturated heterocycles. The standard InChI is InChI=1S/C15H21N3O4/c1-5-21-15(19)13-11-6-10(22-9-20-4)7-17-14(11)18(3)12(13)8-16-2/h6-7,16H,5,8-9H2,1-4H3. The normalized spacial score (nSPS) is 10.9. The van der Waals surface area contributed by atoms with Crippen LogP contribution in [0.4, 0.5) is 0 Å². The van der Waals surface area contributed by atoms with E-state index >= 15 is 0 Å². The lowest BCUT2D eigenvalue weighted by Crippen LogP contribution is -2.14. The second-order valence-electron chi connectivity index (χ2n) is 4.72. The summed E-state index contributed by atoms with van der Waals surface area (Å²) >= 11 is 0. The summed E-state index contributed by atoms with van der Waals surface area (Å²) in [5.74, 6) is 0.186. The molecule has 22 heavy (non-hydrogen) atoms. The minimum absolute atomic E-state index is 0.123. The van der Waals surface area contributed by atoms with Crippen LogP contribution in [0.2, 0.25) is 0 Å². The Hall–Kier alpha value is -2.12. The summed E-state index contributed by atoms with van der Waals surface area (Å²) in [5, 5.41) is 3.77. The van der Waals surface area contributed by atoms with Gasteiger partial charge in [-0.1, -0.05) is 0 Å². The van der Waals surface area contributed by atoms with E-state index in [1.807, 2.05) is 18.7 Å². The largest absolute Gasteiger partial charge is 0.466 e. The van der Waals surface area contributed by atoms with Gasteiger partial charge in [0.05, 0.1) is 18.4 Å². The average molecular weight is 307 g/mol. The summed E-state index contributed by atoms with van der Waals surface area (Å²) in [6.07, 6.45) is 1.61. The van der Waals surface area contributed by atoms with Crippen molar-refractivity contribution >= 4 is 17.0 Å². The topological polar surface area (TPSA) is 74.6 Å². The second-order valence-corrected chi connectivity index (χ2v) is 4.72. The molecule has 0 spiro atoms. The number of ether oxygens (including phenoxy) is 3. The average Bonchev–Trinajstić information content (AvgIpc) is 2.78. The van der Waals surface area contributed by atoms with E-state index in [0.717, 1.165) is 5.69 Å². The van der Waals surface area contributed by atoms with Crippen LogP contribution in [0.1, 0.15) is 23.0 Å². The first kappa shape index (κ1) is 16.3. The highest BCUT2D eigenvalue weighted by molar-refractivity contribution is 6.05. The molecule has 0 bridgehead atoms. The fourth-order valence-electron chi connectivity index (χ4n) is 2.35. The number of nitrogens with one attached hydrogen (secondary N) is 1. The lowest BCUT2D eigenvalue weighted by Gasteiger charge is -2.06. The van der Waals surface area contributed by atoms with Gasteiger partial charge in [0.25, 0.3) is 0 Å². The van der Waals surface area contributed by atoms with E-state index in [1.54, 1.807) is 26.3 Å². The molecular weight excluding hydrogens is 286 g/mol. The highest BCUT2D eigenvalue weighted by Crippen LogP contribution is 2.28. The zero-order valence-corrected chi connectivity index (χ0v) is 13.3. The van der Waals surface area contributed by atoms with Crippen LogP contribution in [0.25, 0.3) is 11.0 Å². The van der Waals surface area contributed by atoms with Gasteiger partial charge < -0.3 is 24.1 Å². The van der Waals surface area contributed by atoms with Crippen molar-refractivity contribution in [3.05, 3.63) is 23.5 Å². The number of nitrogens with zero attached hydrogens (tertiary/aromatic N) is 2. The molecule has 0 aromatic carbocycles. The Kier molecular flexibility index (Phi) is 5.35. The minimum atomic E-state index is -0.357. The fourth-order valence-corrected chi connectivity index (χ4v) is 2.35. The van der Waals surface area contributed by atoms with E-state index in [0.29, 0.717) is 35.5 Å². The van der Waals surface area contributed by atoms with Crippen LogP contribution in [-0.4, -0.2) is 43.1 Å². The number of carbonyl (C=O) groups excluding carboxylic acids is 1. The molecule has 0 amide bonds.